The molecule has 1 aliphatic rings. The van der Waals surface area contributed by atoms with Gasteiger partial charge in [0, 0.05) is 6.54 Å². The van der Waals surface area contributed by atoms with Crippen molar-refractivity contribution in [3.63, 3.8) is 0 Å². The van der Waals surface area contributed by atoms with E-state index in [1.54, 1.807) is 0 Å². The van der Waals surface area contributed by atoms with Crippen molar-refractivity contribution in [1.29, 1.82) is 0 Å². The van der Waals surface area contributed by atoms with Gasteiger partial charge in [0.15, 0.2) is 5.41 Å². The Balaban J connectivity index is 2.25. The zero-order chi connectivity index (χ0) is 14.1. The third-order valence-corrected chi connectivity index (χ3v) is 3.25. The maximum absolute atomic E-state index is 13.3. The molecule has 2 rings (SSSR count). The number of amides is 1. The fraction of sp³-hybridized carbons (Fsp3) is 0.417. The summed E-state index contributed by atoms with van der Waals surface area (Å²) in [5, 5.41) is 4.55. The minimum atomic E-state index is -4.67. The number of anilines is 1. The highest BCUT2D eigenvalue weighted by Gasteiger charge is 2.61. The van der Waals surface area contributed by atoms with Gasteiger partial charge in [0.2, 0.25) is 5.91 Å². The fourth-order valence-electron chi connectivity index (χ4n) is 2.06. The van der Waals surface area contributed by atoms with Gasteiger partial charge in [-0.15, -0.1) is 0 Å². The summed E-state index contributed by atoms with van der Waals surface area (Å²) in [6.45, 7) is -0.388. The molecule has 104 valence electrons. The van der Waals surface area contributed by atoms with Gasteiger partial charge in [-0.2, -0.15) is 13.2 Å². The number of nitrogens with one attached hydrogen (secondary N) is 2. The van der Waals surface area contributed by atoms with Crippen LogP contribution >= 0.6 is 0 Å². The van der Waals surface area contributed by atoms with E-state index in [9.17, 15) is 22.4 Å². The zero-order valence-electron chi connectivity index (χ0n) is 9.85. The molecule has 1 heterocycles. The summed E-state index contributed by atoms with van der Waals surface area (Å²) in [5.74, 6) is -1.99. The van der Waals surface area contributed by atoms with Gasteiger partial charge in [-0.25, -0.2) is 4.39 Å². The highest BCUT2D eigenvalue weighted by Crippen LogP contribution is 2.43. The molecular weight excluding hydrogens is 264 g/mol. The van der Waals surface area contributed by atoms with Gasteiger partial charge in [0.25, 0.3) is 0 Å². The molecule has 0 radical (unpaired) electrons. The quantitative estimate of drug-likeness (QED) is 0.814. The first-order chi connectivity index (χ1) is 8.87. The number of rotatable bonds is 2. The fourth-order valence-corrected chi connectivity index (χ4v) is 2.06. The summed E-state index contributed by atoms with van der Waals surface area (Å²) in [6, 6.07) is 5.12. The van der Waals surface area contributed by atoms with E-state index in [0.29, 0.717) is 0 Å². The van der Waals surface area contributed by atoms with Gasteiger partial charge < -0.3 is 10.6 Å². The lowest BCUT2D eigenvalue weighted by molar-refractivity contribution is -0.213. The first-order valence-corrected chi connectivity index (χ1v) is 5.70. The average Bonchev–Trinajstić information content (AvgIpc) is 2.82. The van der Waals surface area contributed by atoms with Crippen LogP contribution in [0, 0.1) is 11.2 Å². The van der Waals surface area contributed by atoms with Crippen LogP contribution in [0.15, 0.2) is 24.3 Å². The lowest BCUT2D eigenvalue weighted by atomic mass is 9.85. The Labute approximate surface area is 107 Å². The molecule has 1 aromatic rings. The SMILES string of the molecule is O=C(Nc1ccccc1F)C1(C(F)(F)F)CCNC1. The topological polar surface area (TPSA) is 41.1 Å². The van der Waals surface area contributed by atoms with Crippen molar-refractivity contribution in [2.75, 3.05) is 18.4 Å². The zero-order valence-corrected chi connectivity index (χ0v) is 9.85. The molecule has 0 aromatic heterocycles. The predicted octanol–water partition coefficient (Wildman–Crippen LogP) is 2.31. The Morgan fingerprint density at radius 1 is 1.32 bits per heavy atom. The summed E-state index contributed by atoms with van der Waals surface area (Å²) < 4.78 is 52.6. The second-order valence-corrected chi connectivity index (χ2v) is 4.44. The summed E-state index contributed by atoms with van der Waals surface area (Å²) in [7, 11) is 0. The van der Waals surface area contributed by atoms with Gasteiger partial charge in [0.05, 0.1) is 5.69 Å². The van der Waals surface area contributed by atoms with E-state index in [1.807, 2.05) is 5.32 Å². The van der Waals surface area contributed by atoms with Gasteiger partial charge in [-0.05, 0) is 25.1 Å². The lowest BCUT2D eigenvalue weighted by Crippen LogP contribution is -2.49. The highest BCUT2D eigenvalue weighted by atomic mass is 19.4. The van der Waals surface area contributed by atoms with Crippen LogP contribution in [0.4, 0.5) is 23.2 Å². The van der Waals surface area contributed by atoms with Crippen LogP contribution in [0.3, 0.4) is 0 Å². The lowest BCUT2D eigenvalue weighted by Gasteiger charge is -2.29. The second kappa shape index (κ2) is 4.80. The van der Waals surface area contributed by atoms with E-state index >= 15 is 0 Å². The molecular formula is C12H12F4N2O. The van der Waals surface area contributed by atoms with E-state index in [0.717, 1.165) is 6.07 Å². The maximum atomic E-state index is 13.3. The van der Waals surface area contributed by atoms with Crippen molar-refractivity contribution in [1.82, 2.24) is 5.32 Å². The minimum Gasteiger partial charge on any atom is -0.323 e. The molecule has 7 heteroatoms. The standard InChI is InChI=1S/C12H12F4N2O/c13-8-3-1-2-4-9(8)18-10(19)11(12(14,15)16)5-6-17-7-11/h1-4,17H,5-7H2,(H,18,19). The van der Waals surface area contributed by atoms with E-state index < -0.39 is 29.9 Å². The number of hydrogen-bond donors (Lipinski definition) is 2. The second-order valence-electron chi connectivity index (χ2n) is 4.44. The van der Waals surface area contributed by atoms with E-state index in [2.05, 4.69) is 5.32 Å². The Morgan fingerprint density at radius 2 is 2.00 bits per heavy atom. The molecule has 1 fully saturated rings. The van der Waals surface area contributed by atoms with Crippen LogP contribution in [-0.4, -0.2) is 25.2 Å². The molecule has 19 heavy (non-hydrogen) atoms. The van der Waals surface area contributed by atoms with Crippen LogP contribution in [-0.2, 0) is 4.79 Å². The molecule has 2 N–H and O–H groups in total. The molecule has 0 bridgehead atoms. The Bertz CT molecular complexity index is 481. The molecule has 1 aliphatic heterocycles. The minimum absolute atomic E-state index is 0.101. The van der Waals surface area contributed by atoms with E-state index in [4.69, 9.17) is 0 Å². The molecule has 0 spiro atoms. The highest BCUT2D eigenvalue weighted by molar-refractivity contribution is 5.96. The summed E-state index contributed by atoms with van der Waals surface area (Å²) in [6.07, 6.45) is -5.03. The first kappa shape index (κ1) is 13.8. The molecule has 1 aromatic carbocycles. The third kappa shape index (κ3) is 2.42. The third-order valence-electron chi connectivity index (χ3n) is 3.25. The van der Waals surface area contributed by atoms with Crippen LogP contribution in [0.25, 0.3) is 0 Å². The van der Waals surface area contributed by atoms with E-state index in [-0.39, 0.29) is 18.7 Å². The van der Waals surface area contributed by atoms with Gasteiger partial charge in [-0.3, -0.25) is 4.79 Å². The molecule has 3 nitrogen and oxygen atoms in total. The van der Waals surface area contributed by atoms with Gasteiger partial charge in [0.1, 0.15) is 5.82 Å². The molecule has 0 aliphatic carbocycles. The summed E-state index contributed by atoms with van der Waals surface area (Å²) in [4.78, 5) is 11.9. The van der Waals surface area contributed by atoms with Crippen molar-refractivity contribution >= 4 is 11.6 Å². The number of para-hydroxylation sites is 1. The smallest absolute Gasteiger partial charge is 0.323 e. The van der Waals surface area contributed by atoms with Crippen molar-refractivity contribution in [2.45, 2.75) is 12.6 Å². The number of benzene rings is 1. The van der Waals surface area contributed by atoms with Gasteiger partial charge in [-0.1, -0.05) is 12.1 Å². The van der Waals surface area contributed by atoms with Crippen LogP contribution in [0.2, 0.25) is 0 Å². The van der Waals surface area contributed by atoms with Gasteiger partial charge >= 0.3 is 6.18 Å². The van der Waals surface area contributed by atoms with Crippen LogP contribution in [0.5, 0.6) is 0 Å². The molecule has 1 unspecified atom stereocenters. The number of halogens is 4. The normalized spacial score (nSPS) is 23.4. The monoisotopic (exact) mass is 276 g/mol. The number of alkyl halides is 3. The molecule has 1 amide bonds. The first-order valence-electron chi connectivity index (χ1n) is 5.70. The molecule has 0 saturated carbocycles. The Morgan fingerprint density at radius 3 is 2.53 bits per heavy atom. The van der Waals surface area contributed by atoms with Crippen molar-refractivity contribution in [2.24, 2.45) is 5.41 Å². The maximum Gasteiger partial charge on any atom is 0.404 e. The van der Waals surface area contributed by atoms with Crippen LogP contribution in [0.1, 0.15) is 6.42 Å². The van der Waals surface area contributed by atoms with Crippen LogP contribution < -0.4 is 10.6 Å². The molecule has 1 atom stereocenters. The number of carbonyl (C=O) groups excluding carboxylic acids is 1. The van der Waals surface area contributed by atoms with Crippen molar-refractivity contribution < 1.29 is 22.4 Å². The predicted molar refractivity (Wildman–Crippen MR) is 61.0 cm³/mol. The summed E-state index contributed by atoms with van der Waals surface area (Å²) >= 11 is 0. The Hall–Kier alpha value is -1.63. The number of hydrogen-bond acceptors (Lipinski definition) is 2. The van der Waals surface area contributed by atoms with E-state index in [1.165, 1.54) is 18.2 Å². The Kier molecular flexibility index (Phi) is 3.49. The largest absolute Gasteiger partial charge is 0.404 e. The average molecular weight is 276 g/mol. The number of carbonyl (C=O) groups is 1. The van der Waals surface area contributed by atoms with Crippen molar-refractivity contribution in [3.8, 4) is 0 Å². The molecule has 1 saturated heterocycles. The van der Waals surface area contributed by atoms with Crippen molar-refractivity contribution in [3.05, 3.63) is 30.1 Å². The summed E-state index contributed by atoms with van der Waals surface area (Å²) in [5.41, 5.74) is -2.74.